The highest BCUT2D eigenvalue weighted by Gasteiger charge is 2.25. The molecule has 1 aromatic carbocycles. The molecule has 0 aliphatic rings. The van der Waals surface area contributed by atoms with E-state index in [0.717, 1.165) is 18.2 Å². The third kappa shape index (κ3) is 3.90. The fraction of sp³-hybridized carbons (Fsp3) is 0.364. The van der Waals surface area contributed by atoms with Crippen LogP contribution in [0.3, 0.4) is 0 Å². The Morgan fingerprint density at radius 1 is 1.19 bits per heavy atom. The Labute approximate surface area is 96.7 Å². The van der Waals surface area contributed by atoms with E-state index in [0.29, 0.717) is 0 Å². The number of hydrogen-bond donors (Lipinski definition) is 0. The van der Waals surface area contributed by atoms with Crippen LogP contribution in [-0.4, -0.2) is 15.5 Å². The molecule has 1 atom stereocenters. The molecule has 0 aliphatic heterocycles. The lowest BCUT2D eigenvalue weighted by atomic mass is 10.2. The lowest BCUT2D eigenvalue weighted by Gasteiger charge is -2.17. The van der Waals surface area contributed by atoms with E-state index < -0.39 is 27.7 Å². The molecule has 88 valence electrons. The van der Waals surface area contributed by atoms with E-state index in [2.05, 4.69) is 4.40 Å². The van der Waals surface area contributed by atoms with Gasteiger partial charge >= 0.3 is 0 Å². The normalized spacial score (nSPS) is 14.4. The maximum absolute atomic E-state index is 12.8. The smallest absolute Gasteiger partial charge is 0.144 e. The van der Waals surface area contributed by atoms with Gasteiger partial charge in [-0.15, -0.1) is 0 Å². The van der Waals surface area contributed by atoms with Gasteiger partial charge in [-0.1, -0.05) is 4.40 Å². The zero-order valence-electron chi connectivity index (χ0n) is 9.33. The molecule has 0 spiro atoms. The first-order chi connectivity index (χ1) is 7.29. The van der Waals surface area contributed by atoms with Crippen LogP contribution < -0.4 is 0 Å². The summed E-state index contributed by atoms with van der Waals surface area (Å²) in [6, 6.07) is 3.04. The quantitative estimate of drug-likeness (QED) is 0.583. The third-order valence-electron chi connectivity index (χ3n) is 1.71. The van der Waals surface area contributed by atoms with Gasteiger partial charge in [0.1, 0.15) is 27.7 Å². The Kier molecular flexibility index (Phi) is 4.04. The van der Waals surface area contributed by atoms with Gasteiger partial charge in [-0.3, -0.25) is 0 Å². The molecule has 0 aromatic heterocycles. The van der Waals surface area contributed by atoms with Crippen LogP contribution >= 0.6 is 0 Å². The van der Waals surface area contributed by atoms with E-state index in [4.69, 9.17) is 0 Å². The van der Waals surface area contributed by atoms with Gasteiger partial charge in [0.25, 0.3) is 0 Å². The summed E-state index contributed by atoms with van der Waals surface area (Å²) in [6.07, 6.45) is 1.22. The van der Waals surface area contributed by atoms with Crippen LogP contribution in [-0.2, 0) is 11.4 Å². The van der Waals surface area contributed by atoms with E-state index in [-0.39, 0.29) is 5.56 Å². The van der Waals surface area contributed by atoms with E-state index in [1.54, 1.807) is 20.8 Å². The highest BCUT2D eigenvalue weighted by atomic mass is 32.2. The Balaban J connectivity index is 2.84. The molecular weight excluding hydrogens is 232 g/mol. The number of hydrogen-bond acceptors (Lipinski definition) is 2. The number of benzene rings is 1. The van der Waals surface area contributed by atoms with Crippen molar-refractivity contribution in [2.75, 3.05) is 0 Å². The molecular formula is C11H13F2NOS. The highest BCUT2D eigenvalue weighted by Crippen LogP contribution is 2.17. The van der Waals surface area contributed by atoms with Crippen molar-refractivity contribution >= 4 is 17.6 Å². The predicted octanol–water partition coefficient (Wildman–Crippen LogP) is 2.85. The lowest BCUT2D eigenvalue weighted by Crippen LogP contribution is -2.25. The number of rotatable bonds is 2. The molecule has 0 radical (unpaired) electrons. The molecule has 1 aromatic rings. The van der Waals surface area contributed by atoms with Crippen molar-refractivity contribution < 1.29 is 13.3 Å². The molecule has 0 saturated heterocycles. The predicted molar refractivity (Wildman–Crippen MR) is 61.8 cm³/mol. The highest BCUT2D eigenvalue weighted by molar-refractivity contribution is 7.91. The van der Waals surface area contributed by atoms with E-state index in [9.17, 15) is 13.3 Å². The Hall–Kier alpha value is -0.940. The van der Waals surface area contributed by atoms with Gasteiger partial charge in [0.15, 0.2) is 0 Å². The topological polar surface area (TPSA) is 35.4 Å². The van der Waals surface area contributed by atoms with Crippen LogP contribution in [0.15, 0.2) is 22.6 Å². The van der Waals surface area contributed by atoms with Gasteiger partial charge in [0.2, 0.25) is 0 Å². The van der Waals surface area contributed by atoms with Crippen LogP contribution in [0, 0.1) is 11.6 Å². The van der Waals surface area contributed by atoms with Crippen LogP contribution in [0.2, 0.25) is 0 Å². The number of halogens is 2. The molecule has 0 heterocycles. The van der Waals surface area contributed by atoms with Gasteiger partial charge in [0, 0.05) is 11.6 Å². The van der Waals surface area contributed by atoms with Gasteiger partial charge in [-0.25, -0.2) is 8.78 Å². The Bertz CT molecular complexity index is 381. The SMILES string of the molecule is CC(C)(C)[S+]([O-])/N=C/c1cc(F)cc(F)c1. The third-order valence-corrected chi connectivity index (χ3v) is 3.05. The first-order valence-electron chi connectivity index (χ1n) is 4.71. The molecule has 1 unspecified atom stereocenters. The Morgan fingerprint density at radius 2 is 1.69 bits per heavy atom. The zero-order chi connectivity index (χ0) is 12.3. The molecule has 5 heteroatoms. The lowest BCUT2D eigenvalue weighted by molar-refractivity contribution is 0.561. The average molecular weight is 245 g/mol. The van der Waals surface area contributed by atoms with Crippen LogP contribution in [0.4, 0.5) is 8.78 Å². The zero-order valence-corrected chi connectivity index (χ0v) is 10.1. The largest absolute Gasteiger partial charge is 0.591 e. The minimum Gasteiger partial charge on any atom is -0.591 e. The molecule has 0 amide bonds. The maximum Gasteiger partial charge on any atom is 0.144 e. The molecule has 0 bridgehead atoms. The monoisotopic (exact) mass is 245 g/mol. The fourth-order valence-electron chi connectivity index (χ4n) is 0.917. The summed E-state index contributed by atoms with van der Waals surface area (Å²) in [4.78, 5) is 0. The second kappa shape index (κ2) is 4.93. The van der Waals surface area contributed by atoms with Crippen LogP contribution in [0.1, 0.15) is 26.3 Å². The molecule has 0 fully saturated rings. The summed E-state index contributed by atoms with van der Waals surface area (Å²) in [7, 11) is 0. The summed E-state index contributed by atoms with van der Waals surface area (Å²) < 4.78 is 40.4. The van der Waals surface area contributed by atoms with E-state index in [1.165, 1.54) is 6.21 Å². The number of nitrogens with zero attached hydrogens (tertiary/aromatic N) is 1. The summed E-state index contributed by atoms with van der Waals surface area (Å²) in [5, 5.41) is 0. The van der Waals surface area contributed by atoms with Crippen LogP contribution in [0.5, 0.6) is 0 Å². The summed E-state index contributed by atoms with van der Waals surface area (Å²) in [5.74, 6) is -1.36. The first-order valence-corrected chi connectivity index (χ1v) is 5.82. The molecule has 0 aliphatic carbocycles. The molecule has 0 N–H and O–H groups in total. The minimum absolute atomic E-state index is 0.259. The van der Waals surface area contributed by atoms with E-state index in [1.807, 2.05) is 0 Å². The van der Waals surface area contributed by atoms with Crippen molar-refractivity contribution in [1.82, 2.24) is 0 Å². The van der Waals surface area contributed by atoms with Crippen molar-refractivity contribution in [3.63, 3.8) is 0 Å². The van der Waals surface area contributed by atoms with Gasteiger partial charge in [-0.2, -0.15) is 0 Å². The van der Waals surface area contributed by atoms with E-state index >= 15 is 0 Å². The minimum atomic E-state index is -1.43. The molecule has 0 saturated carbocycles. The van der Waals surface area contributed by atoms with Crippen LogP contribution in [0.25, 0.3) is 0 Å². The van der Waals surface area contributed by atoms with Crippen molar-refractivity contribution in [2.24, 2.45) is 4.40 Å². The Morgan fingerprint density at radius 3 is 2.12 bits per heavy atom. The van der Waals surface area contributed by atoms with Crippen molar-refractivity contribution in [2.45, 2.75) is 25.5 Å². The van der Waals surface area contributed by atoms with Crippen molar-refractivity contribution in [3.05, 3.63) is 35.4 Å². The summed E-state index contributed by atoms with van der Waals surface area (Å²) >= 11 is -1.43. The second-order valence-corrected chi connectivity index (χ2v) is 6.23. The maximum atomic E-state index is 12.8. The van der Waals surface area contributed by atoms with Gasteiger partial charge in [-0.05, 0) is 32.9 Å². The second-order valence-electron chi connectivity index (χ2n) is 4.30. The van der Waals surface area contributed by atoms with Crippen molar-refractivity contribution in [3.8, 4) is 0 Å². The summed E-state index contributed by atoms with van der Waals surface area (Å²) in [6.45, 7) is 5.31. The molecule has 1 rings (SSSR count). The first kappa shape index (κ1) is 13.1. The standard InChI is InChI=1S/C11H13F2NOS/c1-11(2,3)16(15)14-7-8-4-9(12)6-10(13)5-8/h4-7H,1-3H3/b14-7+. The molecule has 2 nitrogen and oxygen atoms in total. The van der Waals surface area contributed by atoms with Crippen molar-refractivity contribution in [1.29, 1.82) is 0 Å². The molecule has 16 heavy (non-hydrogen) atoms. The van der Waals surface area contributed by atoms with Gasteiger partial charge < -0.3 is 4.55 Å². The van der Waals surface area contributed by atoms with Gasteiger partial charge in [0.05, 0.1) is 6.21 Å². The average Bonchev–Trinajstić information content (AvgIpc) is 2.11. The summed E-state index contributed by atoms with van der Waals surface area (Å²) in [5.41, 5.74) is 0.259. The fourth-order valence-corrected chi connectivity index (χ4v) is 1.45.